The van der Waals surface area contributed by atoms with Crippen LogP contribution in [0.1, 0.15) is 54.8 Å². The molecule has 198 valence electrons. The third-order valence-electron chi connectivity index (χ3n) is 6.06. The van der Waals surface area contributed by atoms with Crippen LogP contribution in [0.5, 0.6) is 5.75 Å². The summed E-state index contributed by atoms with van der Waals surface area (Å²) in [4.78, 5) is 17.6. The number of halogens is 1. The Hall–Kier alpha value is -2.34. The van der Waals surface area contributed by atoms with Gasteiger partial charge in [0.15, 0.2) is 0 Å². The largest absolute Gasteiger partial charge is 0.489 e. The molecule has 0 saturated heterocycles. The van der Waals surface area contributed by atoms with Crippen molar-refractivity contribution in [1.29, 1.82) is 0 Å². The number of aromatic nitrogens is 2. The van der Waals surface area contributed by atoms with E-state index >= 15 is 0 Å². The van der Waals surface area contributed by atoms with Gasteiger partial charge in [0.1, 0.15) is 11.4 Å². The van der Waals surface area contributed by atoms with Crippen LogP contribution in [0.3, 0.4) is 0 Å². The minimum atomic E-state index is -0.609. The number of carbonyl (C=O) groups is 1. The summed E-state index contributed by atoms with van der Waals surface area (Å²) >= 11 is 6.30. The van der Waals surface area contributed by atoms with E-state index in [2.05, 4.69) is 5.32 Å². The van der Waals surface area contributed by atoms with Crippen molar-refractivity contribution in [3.63, 3.8) is 0 Å². The van der Waals surface area contributed by atoms with E-state index in [1.807, 2.05) is 67.0 Å². The number of rotatable bonds is 10. The Labute approximate surface area is 251 Å². The maximum absolute atomic E-state index is 12.9. The molecular weight excluding hydrogens is 728 g/mol. The summed E-state index contributed by atoms with van der Waals surface area (Å²) in [5.74, 6) is 0.277. The van der Waals surface area contributed by atoms with E-state index in [-0.39, 0.29) is 55.8 Å². The molecule has 0 radical (unpaired) electrons. The average Bonchev–Trinajstić information content (AvgIpc) is 3.30. The molecule has 4 rings (SSSR count). The number of pyridine rings is 1. The molecule has 0 bridgehead atoms. The van der Waals surface area contributed by atoms with Gasteiger partial charge >= 0.3 is 0 Å². The predicted octanol–water partition coefficient (Wildman–Crippen LogP) is 5.22. The first-order chi connectivity index (χ1) is 17.7. The molecule has 1 amide bonds. The van der Waals surface area contributed by atoms with E-state index < -0.39 is 6.10 Å². The van der Waals surface area contributed by atoms with Crippen molar-refractivity contribution < 1.29 is 50.9 Å². The second-order valence-electron chi connectivity index (χ2n) is 9.39. The van der Waals surface area contributed by atoms with Gasteiger partial charge in [-0.1, -0.05) is 41.9 Å². The number of hydrogen-bond donors (Lipinski definition) is 3. The van der Waals surface area contributed by atoms with Crippen LogP contribution < -0.4 is 10.1 Å². The fourth-order valence-corrected chi connectivity index (χ4v) is 4.46. The summed E-state index contributed by atoms with van der Waals surface area (Å²) in [5, 5.41) is 23.0. The zero-order valence-electron chi connectivity index (χ0n) is 21.7. The van der Waals surface area contributed by atoms with E-state index in [9.17, 15) is 15.0 Å². The summed E-state index contributed by atoms with van der Waals surface area (Å²) in [6.45, 7) is 5.50. The van der Waals surface area contributed by atoms with Crippen LogP contribution >= 0.6 is 11.6 Å². The second kappa shape index (κ2) is 13.6. The van der Waals surface area contributed by atoms with Gasteiger partial charge in [0, 0.05) is 72.8 Å². The molecule has 1 unspecified atom stereocenters. The standard InChI is InChI=1S/C29H32ClN3O4.U/c1-18(2)37-27-11-10-22(16-25(27)30)29(36)31-23(12-14-34)15-20-6-8-21(9-7-20)26-17-33-13-4-5-24(19(3)35)28(33)32-26;/h4-11,13,16-19,23,34-35H,12,14-15H2,1-3H3,(H,31,36);/t19?,23-;/m1./s1. The Morgan fingerprint density at radius 2 is 1.87 bits per heavy atom. The Balaban J connectivity index is 0.00000400. The molecule has 9 heteroatoms. The third kappa shape index (κ3) is 7.40. The van der Waals surface area contributed by atoms with Crippen molar-refractivity contribution in [1.82, 2.24) is 14.7 Å². The fourth-order valence-electron chi connectivity index (χ4n) is 4.24. The van der Waals surface area contributed by atoms with Gasteiger partial charge in [-0.25, -0.2) is 4.98 Å². The van der Waals surface area contributed by atoms with Crippen LogP contribution in [0, 0.1) is 31.1 Å². The minimum absolute atomic E-state index is 0. The molecule has 38 heavy (non-hydrogen) atoms. The van der Waals surface area contributed by atoms with E-state index in [0.29, 0.717) is 29.2 Å². The molecule has 0 aliphatic heterocycles. The zero-order chi connectivity index (χ0) is 26.5. The van der Waals surface area contributed by atoms with Gasteiger partial charge in [-0.15, -0.1) is 0 Å². The summed E-state index contributed by atoms with van der Waals surface area (Å²) in [5.41, 5.74) is 4.71. The normalized spacial score (nSPS) is 12.7. The van der Waals surface area contributed by atoms with Gasteiger partial charge in [-0.05, 0) is 63.4 Å². The number of ether oxygens (including phenoxy) is 1. The third-order valence-corrected chi connectivity index (χ3v) is 6.36. The molecule has 2 aromatic heterocycles. The van der Waals surface area contributed by atoms with Gasteiger partial charge in [0.2, 0.25) is 0 Å². The van der Waals surface area contributed by atoms with Crippen molar-refractivity contribution in [3.05, 3.63) is 88.7 Å². The molecule has 3 N–H and O–H groups in total. The number of aliphatic hydroxyl groups is 2. The number of benzene rings is 2. The number of fused-ring (bicyclic) bond motifs is 1. The van der Waals surface area contributed by atoms with Gasteiger partial charge in [-0.2, -0.15) is 0 Å². The predicted molar refractivity (Wildman–Crippen MR) is 145 cm³/mol. The number of amides is 1. The Bertz CT molecular complexity index is 1370. The average molecular weight is 760 g/mol. The van der Waals surface area contributed by atoms with Crippen LogP contribution in [0.2, 0.25) is 5.02 Å². The molecule has 7 nitrogen and oxygen atoms in total. The number of imidazole rings is 1. The number of nitrogens with one attached hydrogen (secondary N) is 1. The van der Waals surface area contributed by atoms with Gasteiger partial charge < -0.3 is 24.7 Å². The Morgan fingerprint density at radius 3 is 2.50 bits per heavy atom. The first kappa shape index (κ1) is 30.2. The molecule has 2 heterocycles. The van der Waals surface area contributed by atoms with Gasteiger partial charge in [-0.3, -0.25) is 4.79 Å². The second-order valence-corrected chi connectivity index (χ2v) is 9.80. The molecule has 0 aliphatic carbocycles. The van der Waals surface area contributed by atoms with E-state index in [0.717, 1.165) is 28.0 Å². The van der Waals surface area contributed by atoms with Gasteiger partial charge in [0.05, 0.1) is 22.9 Å². The Kier molecular flexibility index (Phi) is 10.8. The topological polar surface area (TPSA) is 96.1 Å². The monoisotopic (exact) mass is 759 g/mol. The SMILES string of the molecule is CC(C)Oc1ccc(C(=O)N[C@H](CCO)Cc2ccc(-c3cn4cccc(C(C)O)c4n3)cc2)cc1Cl.[U]. The Morgan fingerprint density at radius 1 is 1.13 bits per heavy atom. The van der Waals surface area contributed by atoms with Gasteiger partial charge in [0.25, 0.3) is 5.91 Å². The molecule has 2 atom stereocenters. The van der Waals surface area contributed by atoms with Crippen LogP contribution in [0.25, 0.3) is 16.9 Å². The summed E-state index contributed by atoms with van der Waals surface area (Å²) in [6, 6.07) is 16.5. The van der Waals surface area contributed by atoms with Crippen molar-refractivity contribution >= 4 is 23.2 Å². The number of hydrogen-bond acceptors (Lipinski definition) is 5. The quantitative estimate of drug-likeness (QED) is 0.206. The van der Waals surface area contributed by atoms with Crippen LogP contribution in [-0.2, 0) is 6.42 Å². The molecule has 0 spiro atoms. The van der Waals surface area contributed by atoms with Crippen LogP contribution in [-0.4, -0.2) is 44.3 Å². The summed E-state index contributed by atoms with van der Waals surface area (Å²) < 4.78 is 7.55. The van der Waals surface area contributed by atoms with Crippen molar-refractivity contribution in [2.45, 2.75) is 51.9 Å². The van der Waals surface area contributed by atoms with Crippen LogP contribution in [0.15, 0.2) is 67.0 Å². The molecule has 0 fully saturated rings. The maximum atomic E-state index is 12.9. The summed E-state index contributed by atoms with van der Waals surface area (Å²) in [7, 11) is 0. The first-order valence-corrected chi connectivity index (χ1v) is 12.8. The van der Waals surface area contributed by atoms with Crippen LogP contribution in [0.4, 0.5) is 0 Å². The smallest absolute Gasteiger partial charge is 0.251 e. The van der Waals surface area contributed by atoms with Crippen molar-refractivity contribution in [3.8, 4) is 17.0 Å². The number of nitrogens with zero attached hydrogens (tertiary/aromatic N) is 2. The molecule has 4 aromatic rings. The summed E-state index contributed by atoms with van der Waals surface area (Å²) in [6.07, 6.45) is 4.20. The van der Waals surface area contributed by atoms with E-state index in [1.165, 1.54) is 0 Å². The molecule has 0 saturated carbocycles. The minimum Gasteiger partial charge on any atom is -0.489 e. The van der Waals surface area contributed by atoms with Crippen molar-refractivity contribution in [2.75, 3.05) is 6.61 Å². The molecular formula is C29H32ClN3O4U. The zero-order valence-corrected chi connectivity index (χ0v) is 26.6. The molecule has 2 aromatic carbocycles. The van der Waals surface area contributed by atoms with Crippen molar-refractivity contribution in [2.24, 2.45) is 0 Å². The fraction of sp³-hybridized carbons (Fsp3) is 0.310. The van der Waals surface area contributed by atoms with E-state index in [1.54, 1.807) is 25.1 Å². The number of carbonyl (C=O) groups excluding carboxylic acids is 1. The maximum Gasteiger partial charge on any atom is 0.251 e. The first-order valence-electron chi connectivity index (χ1n) is 12.4. The number of aliphatic hydroxyl groups excluding tert-OH is 2. The van der Waals surface area contributed by atoms with E-state index in [4.69, 9.17) is 21.3 Å². The molecule has 0 aliphatic rings.